The third-order valence-corrected chi connectivity index (χ3v) is 4.11. The third kappa shape index (κ3) is 3.32. The first kappa shape index (κ1) is 16.5. The van der Waals surface area contributed by atoms with Gasteiger partial charge in [-0.3, -0.25) is 4.79 Å². The summed E-state index contributed by atoms with van der Waals surface area (Å²) in [7, 11) is 1.57. The molecule has 0 fully saturated rings. The number of aromatic nitrogens is 2. The highest BCUT2D eigenvalue weighted by molar-refractivity contribution is 7.92. The molecule has 0 saturated carbocycles. The Morgan fingerprint density at radius 3 is 2.59 bits per heavy atom. The summed E-state index contributed by atoms with van der Waals surface area (Å²) in [5, 5.41) is 0.0158. The molecule has 22 heavy (non-hydrogen) atoms. The Morgan fingerprint density at radius 2 is 2.00 bits per heavy atom. The van der Waals surface area contributed by atoms with E-state index in [0.29, 0.717) is 17.9 Å². The summed E-state index contributed by atoms with van der Waals surface area (Å²) in [5.41, 5.74) is 2.06. The first-order valence-corrected chi connectivity index (χ1v) is 8.25. The van der Waals surface area contributed by atoms with Gasteiger partial charge in [0.05, 0.1) is 23.2 Å². The summed E-state index contributed by atoms with van der Waals surface area (Å²) in [6, 6.07) is 7.47. The van der Waals surface area contributed by atoms with Crippen molar-refractivity contribution in [2.45, 2.75) is 6.92 Å². The monoisotopic (exact) mass is 338 g/mol. The molecular weight excluding hydrogens is 324 g/mol. The summed E-state index contributed by atoms with van der Waals surface area (Å²) in [6.07, 6.45) is 3.59. The van der Waals surface area contributed by atoms with Gasteiger partial charge in [0.15, 0.2) is 0 Å². The van der Waals surface area contributed by atoms with E-state index in [1.54, 1.807) is 7.05 Å². The van der Waals surface area contributed by atoms with Gasteiger partial charge < -0.3 is 9.45 Å². The lowest BCUT2D eigenvalue weighted by Gasteiger charge is -2.27. The second kappa shape index (κ2) is 6.95. The molecule has 0 spiro atoms. The number of carbonyl (C=O) groups excluding carboxylic acids is 1. The van der Waals surface area contributed by atoms with Crippen LogP contribution >= 0.6 is 11.6 Å². The topological polar surface area (TPSA) is 72.4 Å². The molecule has 0 aliphatic rings. The number of rotatable bonds is 5. The minimum Gasteiger partial charge on any atom is -0.593 e. The van der Waals surface area contributed by atoms with E-state index in [1.165, 1.54) is 21.7 Å². The fraction of sp³-hybridized carbons (Fsp3) is 0.214. The van der Waals surface area contributed by atoms with E-state index in [2.05, 4.69) is 9.97 Å². The van der Waals surface area contributed by atoms with Crippen molar-refractivity contribution in [1.29, 1.82) is 0 Å². The molecule has 1 atom stereocenters. The van der Waals surface area contributed by atoms with Crippen molar-refractivity contribution in [3.05, 3.63) is 41.3 Å². The summed E-state index contributed by atoms with van der Waals surface area (Å²) < 4.78 is 13.8. The van der Waals surface area contributed by atoms with Crippen LogP contribution in [0.1, 0.15) is 5.56 Å². The zero-order valence-electron chi connectivity index (χ0n) is 12.4. The zero-order chi connectivity index (χ0) is 16.3. The van der Waals surface area contributed by atoms with Crippen LogP contribution in [-0.2, 0) is 16.2 Å². The molecule has 116 valence electrons. The molecule has 1 aromatic carbocycles. The van der Waals surface area contributed by atoms with Crippen molar-refractivity contribution in [3.8, 4) is 0 Å². The van der Waals surface area contributed by atoms with Crippen molar-refractivity contribution in [1.82, 2.24) is 9.97 Å². The van der Waals surface area contributed by atoms with Gasteiger partial charge in [0, 0.05) is 7.05 Å². The van der Waals surface area contributed by atoms with Crippen molar-refractivity contribution in [3.63, 3.8) is 0 Å². The Morgan fingerprint density at radius 1 is 1.32 bits per heavy atom. The van der Waals surface area contributed by atoms with Crippen LogP contribution in [0, 0.1) is 6.92 Å². The first-order valence-electron chi connectivity index (χ1n) is 6.35. The van der Waals surface area contributed by atoms with Gasteiger partial charge in [0.2, 0.25) is 17.5 Å². The highest BCUT2D eigenvalue weighted by atomic mass is 35.5. The predicted octanol–water partition coefficient (Wildman–Crippen LogP) is 2.46. The standard InChI is InChI=1S/C14H15ClN4O2S/c1-10-6-4-5-7-11(10)19(22(3)21)13-12(18(2)9-20)8-16-14(15)17-13/h4-9H,1-3H3. The normalized spacial score (nSPS) is 11.9. The third-order valence-electron chi connectivity index (χ3n) is 3.04. The van der Waals surface area contributed by atoms with Crippen LogP contribution in [0.5, 0.6) is 0 Å². The van der Waals surface area contributed by atoms with Crippen LogP contribution in [0.3, 0.4) is 0 Å². The van der Waals surface area contributed by atoms with E-state index in [0.717, 1.165) is 11.3 Å². The highest BCUT2D eigenvalue weighted by Gasteiger charge is 2.27. The Bertz CT molecular complexity index is 684. The molecule has 1 amide bonds. The molecule has 0 bridgehead atoms. The highest BCUT2D eigenvalue weighted by Crippen LogP contribution is 2.35. The van der Waals surface area contributed by atoms with E-state index in [1.807, 2.05) is 31.2 Å². The van der Waals surface area contributed by atoms with Gasteiger partial charge in [-0.15, -0.1) is 4.31 Å². The number of anilines is 3. The lowest BCUT2D eigenvalue weighted by atomic mass is 10.2. The van der Waals surface area contributed by atoms with Gasteiger partial charge in [-0.2, -0.15) is 4.98 Å². The molecule has 2 aromatic rings. The van der Waals surface area contributed by atoms with E-state index >= 15 is 0 Å². The number of para-hydroxylation sites is 1. The van der Waals surface area contributed by atoms with Gasteiger partial charge in [-0.25, -0.2) is 4.98 Å². The Kier molecular flexibility index (Phi) is 5.23. The molecule has 1 unspecified atom stereocenters. The number of carbonyl (C=O) groups is 1. The molecule has 8 heteroatoms. The summed E-state index contributed by atoms with van der Waals surface area (Å²) in [4.78, 5) is 20.5. The van der Waals surface area contributed by atoms with Gasteiger partial charge in [0.1, 0.15) is 11.9 Å². The minimum atomic E-state index is -1.41. The van der Waals surface area contributed by atoms with E-state index in [4.69, 9.17) is 11.6 Å². The van der Waals surface area contributed by atoms with E-state index < -0.39 is 11.4 Å². The van der Waals surface area contributed by atoms with Crippen LogP contribution in [0.2, 0.25) is 5.28 Å². The van der Waals surface area contributed by atoms with Crippen LogP contribution in [0.15, 0.2) is 30.5 Å². The van der Waals surface area contributed by atoms with E-state index in [-0.39, 0.29) is 5.28 Å². The SMILES string of the molecule is Cc1ccccc1N(c1nc(Cl)ncc1N(C)C=O)[S+](C)[O-]. The number of benzene rings is 1. The largest absolute Gasteiger partial charge is 0.593 e. The van der Waals surface area contributed by atoms with Crippen LogP contribution in [0.25, 0.3) is 0 Å². The maximum atomic E-state index is 12.3. The second-order valence-corrected chi connectivity index (χ2v) is 6.12. The average molecular weight is 339 g/mol. The maximum Gasteiger partial charge on any atom is 0.224 e. The number of amides is 1. The van der Waals surface area contributed by atoms with Gasteiger partial charge in [-0.05, 0) is 30.2 Å². The Hall–Kier alpha value is -1.83. The summed E-state index contributed by atoms with van der Waals surface area (Å²) in [5.74, 6) is 0.310. The van der Waals surface area contributed by atoms with Crippen molar-refractivity contribution >= 4 is 46.6 Å². The quantitative estimate of drug-likeness (QED) is 0.475. The lowest BCUT2D eigenvalue weighted by Crippen LogP contribution is -2.29. The molecule has 0 N–H and O–H groups in total. The van der Waals surface area contributed by atoms with Gasteiger partial charge >= 0.3 is 0 Å². The second-order valence-electron chi connectivity index (χ2n) is 4.57. The summed E-state index contributed by atoms with van der Waals surface area (Å²) >= 11 is 4.48. The van der Waals surface area contributed by atoms with Crippen LogP contribution in [0.4, 0.5) is 17.2 Å². The smallest absolute Gasteiger partial charge is 0.224 e. The lowest BCUT2D eigenvalue weighted by molar-refractivity contribution is -0.107. The van der Waals surface area contributed by atoms with Gasteiger partial charge in [0.25, 0.3) is 0 Å². The first-order chi connectivity index (χ1) is 10.5. The van der Waals surface area contributed by atoms with Crippen molar-refractivity contribution in [2.75, 3.05) is 22.5 Å². The molecule has 1 aromatic heterocycles. The number of nitrogens with zero attached hydrogens (tertiary/aromatic N) is 4. The fourth-order valence-corrected chi connectivity index (χ4v) is 2.95. The minimum absolute atomic E-state index is 0.0158. The van der Waals surface area contributed by atoms with Crippen LogP contribution in [-0.4, -0.2) is 34.2 Å². The molecular formula is C14H15ClN4O2S. The number of aryl methyl sites for hydroxylation is 1. The van der Waals surface area contributed by atoms with E-state index in [9.17, 15) is 9.35 Å². The van der Waals surface area contributed by atoms with Crippen molar-refractivity contribution < 1.29 is 9.35 Å². The Balaban J connectivity index is 2.66. The molecule has 6 nitrogen and oxygen atoms in total. The predicted molar refractivity (Wildman–Crippen MR) is 88.9 cm³/mol. The van der Waals surface area contributed by atoms with Crippen LogP contribution < -0.4 is 9.21 Å². The molecule has 1 heterocycles. The molecule has 0 aliphatic heterocycles. The van der Waals surface area contributed by atoms with Crippen molar-refractivity contribution in [2.24, 2.45) is 0 Å². The fourth-order valence-electron chi connectivity index (χ4n) is 1.97. The molecule has 0 radical (unpaired) electrons. The Labute approximate surface area is 137 Å². The molecule has 0 aliphatic carbocycles. The average Bonchev–Trinajstić information content (AvgIpc) is 2.48. The van der Waals surface area contributed by atoms with Gasteiger partial charge in [-0.1, -0.05) is 18.2 Å². The zero-order valence-corrected chi connectivity index (χ0v) is 13.9. The number of halogens is 1. The molecule has 2 rings (SSSR count). The molecule has 0 saturated heterocycles. The summed E-state index contributed by atoms with van der Waals surface area (Å²) in [6.45, 7) is 1.90. The number of hydrogen-bond acceptors (Lipinski definition) is 5. The number of hydrogen-bond donors (Lipinski definition) is 0. The maximum absolute atomic E-state index is 12.3.